The first-order chi connectivity index (χ1) is 10.6. The van der Waals surface area contributed by atoms with Crippen LogP contribution in [-0.4, -0.2) is 28.6 Å². The van der Waals surface area contributed by atoms with Gasteiger partial charge in [0.25, 0.3) is 10.0 Å². The Kier molecular flexibility index (Phi) is 4.07. The molecule has 3 rings (SSSR count). The van der Waals surface area contributed by atoms with Crippen LogP contribution in [0, 0.1) is 0 Å². The van der Waals surface area contributed by atoms with Gasteiger partial charge in [0, 0.05) is 25.8 Å². The maximum absolute atomic E-state index is 12.6. The summed E-state index contributed by atoms with van der Waals surface area (Å²) in [5.41, 5.74) is 1.83. The molecule has 1 fully saturated rings. The summed E-state index contributed by atoms with van der Waals surface area (Å²) in [6.07, 6.45) is 2.45. The van der Waals surface area contributed by atoms with Crippen molar-refractivity contribution in [3.8, 4) is 0 Å². The fraction of sp³-hybridized carbons (Fsp3) is 0.294. The standard InChI is InChI=1S/C17H20N2O2S/c1-18(22(20,21)17-7-3-2-4-8-17)15-9-11-16(12-10-15)19-13-5-6-14-19/h2-4,7-12H,5-6,13-14H2,1H3. The van der Waals surface area contributed by atoms with Crippen LogP contribution >= 0.6 is 0 Å². The molecule has 2 aromatic rings. The van der Waals surface area contributed by atoms with Crippen molar-refractivity contribution >= 4 is 21.4 Å². The van der Waals surface area contributed by atoms with E-state index in [1.54, 1.807) is 31.3 Å². The summed E-state index contributed by atoms with van der Waals surface area (Å²) in [6.45, 7) is 2.16. The Bertz CT molecular complexity index is 721. The molecule has 116 valence electrons. The summed E-state index contributed by atoms with van der Waals surface area (Å²) in [6, 6.07) is 16.2. The minimum absolute atomic E-state index is 0.307. The second-order valence-electron chi connectivity index (χ2n) is 5.50. The van der Waals surface area contributed by atoms with Crippen molar-refractivity contribution < 1.29 is 8.42 Å². The fourth-order valence-corrected chi connectivity index (χ4v) is 3.95. The zero-order chi connectivity index (χ0) is 15.6. The van der Waals surface area contributed by atoms with E-state index < -0.39 is 10.0 Å². The molecule has 0 radical (unpaired) electrons. The lowest BCUT2D eigenvalue weighted by atomic mass is 10.2. The third-order valence-electron chi connectivity index (χ3n) is 4.09. The van der Waals surface area contributed by atoms with Crippen LogP contribution in [0.5, 0.6) is 0 Å². The molecule has 0 unspecified atom stereocenters. The van der Waals surface area contributed by atoms with Gasteiger partial charge in [0.1, 0.15) is 0 Å². The summed E-state index contributed by atoms with van der Waals surface area (Å²) in [5.74, 6) is 0. The van der Waals surface area contributed by atoms with E-state index in [0.717, 1.165) is 18.8 Å². The van der Waals surface area contributed by atoms with E-state index in [2.05, 4.69) is 4.90 Å². The predicted molar refractivity (Wildman–Crippen MR) is 89.9 cm³/mol. The average Bonchev–Trinajstić information content (AvgIpc) is 3.09. The maximum atomic E-state index is 12.6. The van der Waals surface area contributed by atoms with Gasteiger partial charge in [-0.05, 0) is 49.2 Å². The lowest BCUT2D eigenvalue weighted by molar-refractivity contribution is 0.594. The first-order valence-corrected chi connectivity index (χ1v) is 8.92. The smallest absolute Gasteiger partial charge is 0.264 e. The lowest BCUT2D eigenvalue weighted by Gasteiger charge is -2.22. The minimum atomic E-state index is -3.50. The van der Waals surface area contributed by atoms with Gasteiger partial charge >= 0.3 is 0 Å². The highest BCUT2D eigenvalue weighted by atomic mass is 32.2. The molecule has 2 aromatic carbocycles. The van der Waals surface area contributed by atoms with E-state index in [0.29, 0.717) is 10.6 Å². The van der Waals surface area contributed by atoms with Gasteiger partial charge in [-0.15, -0.1) is 0 Å². The van der Waals surface area contributed by atoms with Gasteiger partial charge in [-0.1, -0.05) is 18.2 Å². The zero-order valence-electron chi connectivity index (χ0n) is 12.6. The molecule has 4 nitrogen and oxygen atoms in total. The first-order valence-electron chi connectivity index (χ1n) is 7.48. The molecule has 0 atom stereocenters. The highest BCUT2D eigenvalue weighted by molar-refractivity contribution is 7.92. The Hall–Kier alpha value is -2.01. The topological polar surface area (TPSA) is 40.6 Å². The molecule has 0 spiro atoms. The Morgan fingerprint density at radius 3 is 2.09 bits per heavy atom. The highest BCUT2D eigenvalue weighted by Gasteiger charge is 2.21. The van der Waals surface area contributed by atoms with Crippen LogP contribution in [0.25, 0.3) is 0 Å². The average molecular weight is 316 g/mol. The van der Waals surface area contributed by atoms with Crippen LogP contribution in [0.2, 0.25) is 0 Å². The summed E-state index contributed by atoms with van der Waals surface area (Å²) in [4.78, 5) is 2.64. The third-order valence-corrected chi connectivity index (χ3v) is 5.89. The number of benzene rings is 2. The van der Waals surface area contributed by atoms with E-state index in [-0.39, 0.29) is 0 Å². The second-order valence-corrected chi connectivity index (χ2v) is 7.47. The molecule has 0 saturated carbocycles. The minimum Gasteiger partial charge on any atom is -0.372 e. The summed E-state index contributed by atoms with van der Waals surface area (Å²) in [7, 11) is -1.91. The number of hydrogen-bond donors (Lipinski definition) is 0. The van der Waals surface area contributed by atoms with Crippen molar-refractivity contribution in [2.75, 3.05) is 29.3 Å². The fourth-order valence-electron chi connectivity index (χ4n) is 2.74. The molecule has 1 aliphatic rings. The summed E-state index contributed by atoms with van der Waals surface area (Å²) in [5, 5.41) is 0. The molecule has 0 amide bonds. The molecular weight excluding hydrogens is 296 g/mol. The van der Waals surface area contributed by atoms with E-state index in [1.165, 1.54) is 17.1 Å². The molecule has 1 saturated heterocycles. The van der Waals surface area contributed by atoms with E-state index >= 15 is 0 Å². The summed E-state index contributed by atoms with van der Waals surface area (Å²) >= 11 is 0. The Labute approximate surface area is 132 Å². The predicted octanol–water partition coefficient (Wildman–Crippen LogP) is 3.11. The van der Waals surface area contributed by atoms with Crippen molar-refractivity contribution in [1.29, 1.82) is 0 Å². The maximum Gasteiger partial charge on any atom is 0.264 e. The molecule has 0 N–H and O–H groups in total. The van der Waals surface area contributed by atoms with Gasteiger partial charge in [0.15, 0.2) is 0 Å². The van der Waals surface area contributed by atoms with Crippen molar-refractivity contribution in [3.05, 3.63) is 54.6 Å². The van der Waals surface area contributed by atoms with Gasteiger partial charge in [0.2, 0.25) is 0 Å². The van der Waals surface area contributed by atoms with Gasteiger partial charge in [-0.25, -0.2) is 8.42 Å². The van der Waals surface area contributed by atoms with Gasteiger partial charge in [0.05, 0.1) is 10.6 Å². The van der Waals surface area contributed by atoms with Crippen molar-refractivity contribution in [2.45, 2.75) is 17.7 Å². The number of nitrogens with zero attached hydrogens (tertiary/aromatic N) is 2. The molecule has 1 aliphatic heterocycles. The Morgan fingerprint density at radius 2 is 1.50 bits per heavy atom. The zero-order valence-corrected chi connectivity index (χ0v) is 13.5. The van der Waals surface area contributed by atoms with Crippen LogP contribution < -0.4 is 9.21 Å². The van der Waals surface area contributed by atoms with Crippen LogP contribution in [0.4, 0.5) is 11.4 Å². The number of anilines is 2. The molecule has 0 aliphatic carbocycles. The number of sulfonamides is 1. The number of rotatable bonds is 4. The van der Waals surface area contributed by atoms with Crippen LogP contribution in [0.3, 0.4) is 0 Å². The van der Waals surface area contributed by atoms with Gasteiger partial charge < -0.3 is 4.90 Å². The van der Waals surface area contributed by atoms with Crippen molar-refractivity contribution in [1.82, 2.24) is 0 Å². The van der Waals surface area contributed by atoms with E-state index in [4.69, 9.17) is 0 Å². The van der Waals surface area contributed by atoms with Crippen LogP contribution in [0.15, 0.2) is 59.5 Å². The first kappa shape index (κ1) is 14.9. The molecular formula is C17H20N2O2S. The largest absolute Gasteiger partial charge is 0.372 e. The summed E-state index contributed by atoms with van der Waals surface area (Å²) < 4.78 is 26.5. The Balaban J connectivity index is 1.84. The molecule has 5 heteroatoms. The monoisotopic (exact) mass is 316 g/mol. The quantitative estimate of drug-likeness (QED) is 0.870. The van der Waals surface area contributed by atoms with E-state index in [1.807, 2.05) is 30.3 Å². The third kappa shape index (κ3) is 2.81. The van der Waals surface area contributed by atoms with Crippen molar-refractivity contribution in [3.63, 3.8) is 0 Å². The molecule has 1 heterocycles. The normalized spacial score (nSPS) is 15.0. The second kappa shape index (κ2) is 6.01. The van der Waals surface area contributed by atoms with Crippen LogP contribution in [-0.2, 0) is 10.0 Å². The SMILES string of the molecule is CN(c1ccc(N2CCCC2)cc1)S(=O)(=O)c1ccccc1. The van der Waals surface area contributed by atoms with E-state index in [9.17, 15) is 8.42 Å². The molecule has 0 bridgehead atoms. The van der Waals surface area contributed by atoms with Gasteiger partial charge in [-0.3, -0.25) is 4.31 Å². The molecule has 0 aromatic heterocycles. The Morgan fingerprint density at radius 1 is 0.909 bits per heavy atom. The lowest BCUT2D eigenvalue weighted by Crippen LogP contribution is -2.26. The number of hydrogen-bond acceptors (Lipinski definition) is 3. The van der Waals surface area contributed by atoms with Gasteiger partial charge in [-0.2, -0.15) is 0 Å². The highest BCUT2D eigenvalue weighted by Crippen LogP contribution is 2.26. The van der Waals surface area contributed by atoms with Crippen LogP contribution in [0.1, 0.15) is 12.8 Å². The molecule has 22 heavy (non-hydrogen) atoms. The van der Waals surface area contributed by atoms with Crippen molar-refractivity contribution in [2.24, 2.45) is 0 Å².